The van der Waals surface area contributed by atoms with Gasteiger partial charge >= 0.3 is 0 Å². The zero-order chi connectivity index (χ0) is 27.3. The van der Waals surface area contributed by atoms with Gasteiger partial charge in [-0.2, -0.15) is 0 Å². The van der Waals surface area contributed by atoms with Crippen LogP contribution >= 0.6 is 0 Å². The van der Waals surface area contributed by atoms with Crippen molar-refractivity contribution < 1.29 is 10.2 Å². The van der Waals surface area contributed by atoms with E-state index >= 15 is 0 Å². The molecule has 0 spiro atoms. The summed E-state index contributed by atoms with van der Waals surface area (Å²) in [7, 11) is 0. The minimum atomic E-state index is -0.750. The van der Waals surface area contributed by atoms with Crippen LogP contribution < -0.4 is 0 Å². The van der Waals surface area contributed by atoms with Crippen LogP contribution in [0.5, 0.6) is 0 Å². The first-order valence-electron chi connectivity index (χ1n) is 13.5. The van der Waals surface area contributed by atoms with E-state index in [2.05, 4.69) is 84.9 Å². The molecule has 0 aromatic heterocycles. The first-order valence-corrected chi connectivity index (χ1v) is 13.5. The van der Waals surface area contributed by atoms with Crippen LogP contribution in [0.3, 0.4) is 0 Å². The zero-order valence-electron chi connectivity index (χ0n) is 22.1. The molecule has 7 rings (SSSR count). The summed E-state index contributed by atoms with van der Waals surface area (Å²) < 4.78 is 0. The van der Waals surface area contributed by atoms with Gasteiger partial charge in [0.05, 0.1) is 0 Å². The molecule has 6 aromatic rings. The van der Waals surface area contributed by atoms with E-state index in [1.54, 1.807) is 0 Å². The summed E-state index contributed by atoms with van der Waals surface area (Å²) in [5.74, 6) is 0. The van der Waals surface area contributed by atoms with E-state index in [1.165, 1.54) is 16.7 Å². The average molecular weight is 519 g/mol. The van der Waals surface area contributed by atoms with Gasteiger partial charge in [-0.3, -0.25) is 0 Å². The molecule has 0 saturated heterocycles. The average Bonchev–Trinajstić information content (AvgIpc) is 3.05. The van der Waals surface area contributed by atoms with E-state index in [4.69, 9.17) is 0 Å². The maximum Gasteiger partial charge on any atom is 0.105 e. The molecule has 2 atom stereocenters. The van der Waals surface area contributed by atoms with Gasteiger partial charge in [0.2, 0.25) is 0 Å². The third-order valence-electron chi connectivity index (χ3n) is 7.48. The van der Waals surface area contributed by atoms with Gasteiger partial charge < -0.3 is 10.2 Å². The molecule has 2 nitrogen and oxygen atoms in total. The molecule has 194 valence electrons. The van der Waals surface area contributed by atoms with Crippen molar-refractivity contribution in [1.82, 2.24) is 0 Å². The number of benzene rings is 6. The third-order valence-corrected chi connectivity index (χ3v) is 7.48. The molecule has 2 N–H and O–H groups in total. The molecule has 1 aliphatic carbocycles. The van der Waals surface area contributed by atoms with Crippen LogP contribution in [0, 0.1) is 0 Å². The van der Waals surface area contributed by atoms with Crippen molar-refractivity contribution in [2.45, 2.75) is 12.2 Å². The van der Waals surface area contributed by atoms with Crippen LogP contribution in [0.1, 0.15) is 34.5 Å². The molecule has 0 saturated carbocycles. The first-order chi connectivity index (χ1) is 19.7. The van der Waals surface area contributed by atoms with Crippen molar-refractivity contribution in [3.8, 4) is 33.4 Å². The molecule has 0 aliphatic heterocycles. The number of hydrogen-bond donors (Lipinski definition) is 2. The first kappa shape index (κ1) is 25.5. The van der Waals surface area contributed by atoms with Crippen molar-refractivity contribution in [3.05, 3.63) is 180 Å². The second-order valence-corrected chi connectivity index (χ2v) is 9.92. The highest BCUT2D eigenvalue weighted by atomic mass is 16.3. The van der Waals surface area contributed by atoms with Gasteiger partial charge in [0.25, 0.3) is 0 Å². The Morgan fingerprint density at radius 2 is 0.675 bits per heavy atom. The highest BCUT2D eigenvalue weighted by Gasteiger charge is 2.31. The lowest BCUT2D eigenvalue weighted by Gasteiger charge is -2.30. The molecule has 1 aliphatic rings. The minimum Gasteiger partial charge on any atom is -0.384 e. The van der Waals surface area contributed by atoms with Gasteiger partial charge in [0, 0.05) is 0 Å². The highest BCUT2D eigenvalue weighted by Crippen LogP contribution is 2.45. The van der Waals surface area contributed by atoms with E-state index in [-0.39, 0.29) is 0 Å². The van der Waals surface area contributed by atoms with E-state index < -0.39 is 12.2 Å². The normalized spacial score (nSPS) is 15.2. The minimum absolute atomic E-state index is 0.724. The molecular formula is C38H30O2. The molecule has 6 aromatic carbocycles. The SMILES string of the molecule is OC1c2ccccc2C(O)c2c(-c3ccc(-c4ccccc4)cc3)cccc21.c1ccc(-c2ccccc2)cc1. The fraction of sp³-hybridized carbons (Fsp3) is 0.0526. The maximum absolute atomic E-state index is 11.1. The lowest BCUT2D eigenvalue weighted by molar-refractivity contribution is 0.174. The largest absolute Gasteiger partial charge is 0.384 e. The predicted octanol–water partition coefficient (Wildman–Crippen LogP) is 8.85. The fourth-order valence-electron chi connectivity index (χ4n) is 5.44. The molecule has 0 fully saturated rings. The Hall–Kier alpha value is -4.76. The zero-order valence-corrected chi connectivity index (χ0v) is 22.1. The Bertz CT molecular complexity index is 1660. The Morgan fingerprint density at radius 1 is 0.300 bits per heavy atom. The topological polar surface area (TPSA) is 40.5 Å². The molecule has 2 unspecified atom stereocenters. The van der Waals surface area contributed by atoms with Crippen molar-refractivity contribution in [1.29, 1.82) is 0 Å². The molecule has 40 heavy (non-hydrogen) atoms. The van der Waals surface area contributed by atoms with Crippen molar-refractivity contribution >= 4 is 0 Å². The fourth-order valence-corrected chi connectivity index (χ4v) is 5.44. The monoisotopic (exact) mass is 518 g/mol. The number of aliphatic hydroxyl groups is 2. The highest BCUT2D eigenvalue weighted by molar-refractivity contribution is 5.75. The van der Waals surface area contributed by atoms with Gasteiger partial charge in [0.15, 0.2) is 0 Å². The third kappa shape index (κ3) is 5.11. The van der Waals surface area contributed by atoms with E-state index in [0.29, 0.717) is 0 Å². The van der Waals surface area contributed by atoms with Crippen LogP contribution in [0.4, 0.5) is 0 Å². The van der Waals surface area contributed by atoms with Gasteiger partial charge in [-0.05, 0) is 55.6 Å². The number of fused-ring (bicyclic) bond motifs is 2. The maximum atomic E-state index is 11.1. The van der Waals surface area contributed by atoms with Crippen LogP contribution in [0.2, 0.25) is 0 Å². The van der Waals surface area contributed by atoms with Gasteiger partial charge in [-0.15, -0.1) is 0 Å². The van der Waals surface area contributed by atoms with Gasteiger partial charge in [-0.25, -0.2) is 0 Å². The van der Waals surface area contributed by atoms with E-state index in [9.17, 15) is 10.2 Å². The van der Waals surface area contributed by atoms with Crippen LogP contribution in [0.15, 0.2) is 158 Å². The second kappa shape index (κ2) is 11.5. The molecule has 0 bridgehead atoms. The second-order valence-electron chi connectivity index (χ2n) is 9.92. The van der Waals surface area contributed by atoms with Crippen molar-refractivity contribution in [2.24, 2.45) is 0 Å². The number of hydrogen-bond acceptors (Lipinski definition) is 2. The smallest absolute Gasteiger partial charge is 0.105 e. The van der Waals surface area contributed by atoms with Crippen molar-refractivity contribution in [3.63, 3.8) is 0 Å². The molecular weight excluding hydrogens is 488 g/mol. The van der Waals surface area contributed by atoms with Crippen molar-refractivity contribution in [2.75, 3.05) is 0 Å². The summed E-state index contributed by atoms with van der Waals surface area (Å²) >= 11 is 0. The quantitative estimate of drug-likeness (QED) is 0.246. The summed E-state index contributed by atoms with van der Waals surface area (Å²) in [6, 6.07) is 52.8. The standard InChI is InChI=1S/C26H20O2.C12H10/c27-25-21-9-4-5-10-22(21)26(28)24-20(11-6-12-23(24)25)19-15-13-18(14-16-19)17-7-2-1-3-8-17;1-3-7-11(8-4-1)12-9-5-2-6-10-12/h1-16,25-28H;1-10H. The molecule has 0 amide bonds. The summed E-state index contributed by atoms with van der Waals surface area (Å²) in [4.78, 5) is 0. The van der Waals surface area contributed by atoms with Gasteiger partial charge in [0.1, 0.15) is 12.2 Å². The Labute approximate surface area is 235 Å². The van der Waals surface area contributed by atoms with Crippen LogP contribution in [-0.2, 0) is 0 Å². The lowest BCUT2D eigenvalue weighted by atomic mass is 9.78. The summed E-state index contributed by atoms with van der Waals surface area (Å²) in [6.07, 6.45) is -1.47. The number of aliphatic hydroxyl groups excluding tert-OH is 2. The van der Waals surface area contributed by atoms with E-state index in [0.717, 1.165) is 38.9 Å². The Balaban J connectivity index is 0.000000201. The predicted molar refractivity (Wildman–Crippen MR) is 164 cm³/mol. The Morgan fingerprint density at radius 3 is 1.18 bits per heavy atom. The van der Waals surface area contributed by atoms with Crippen LogP contribution in [0.25, 0.3) is 33.4 Å². The lowest BCUT2D eigenvalue weighted by Crippen LogP contribution is -2.18. The summed E-state index contributed by atoms with van der Waals surface area (Å²) in [6.45, 7) is 0. The molecule has 0 radical (unpaired) electrons. The molecule has 2 heteroatoms. The van der Waals surface area contributed by atoms with Gasteiger partial charge in [-0.1, -0.05) is 158 Å². The number of rotatable bonds is 3. The van der Waals surface area contributed by atoms with E-state index in [1.807, 2.05) is 72.8 Å². The summed E-state index contributed by atoms with van der Waals surface area (Å²) in [5, 5.41) is 22.0. The summed E-state index contributed by atoms with van der Waals surface area (Å²) in [5.41, 5.74) is 9.98. The Kier molecular flexibility index (Phi) is 7.37. The van der Waals surface area contributed by atoms with Crippen LogP contribution in [-0.4, -0.2) is 10.2 Å². The molecule has 0 heterocycles.